The van der Waals surface area contributed by atoms with Crippen LogP contribution in [-0.4, -0.2) is 26.9 Å². The molecule has 1 N–H and O–H groups in total. The first-order valence-corrected chi connectivity index (χ1v) is 7.00. The molecule has 0 unspecified atom stereocenters. The summed E-state index contributed by atoms with van der Waals surface area (Å²) < 4.78 is 38.9. The van der Waals surface area contributed by atoms with E-state index in [9.17, 15) is 13.2 Å². The second-order valence-electron chi connectivity index (χ2n) is 5.37. The predicted octanol–water partition coefficient (Wildman–Crippen LogP) is 3.52. The Bertz CT molecular complexity index is 711. The summed E-state index contributed by atoms with van der Waals surface area (Å²) in [6.45, 7) is 5.94. The molecule has 8 heteroatoms. The zero-order valence-corrected chi connectivity index (χ0v) is 13.4. The van der Waals surface area contributed by atoms with Gasteiger partial charge in [0.25, 0.3) is 0 Å². The van der Waals surface area contributed by atoms with Crippen molar-refractivity contribution in [3.8, 4) is 0 Å². The van der Waals surface area contributed by atoms with Gasteiger partial charge in [0.15, 0.2) is 0 Å². The maximum Gasteiger partial charge on any atom is 0.406 e. The Hall–Kier alpha value is -2.38. The quantitative estimate of drug-likeness (QED) is 0.691. The third-order valence-electron chi connectivity index (χ3n) is 3.30. The molecule has 0 radical (unpaired) electrons. The van der Waals surface area contributed by atoms with E-state index in [2.05, 4.69) is 20.5 Å². The van der Waals surface area contributed by atoms with Crippen LogP contribution in [-0.2, 0) is 6.54 Å². The molecule has 2 aromatic rings. The summed E-state index contributed by atoms with van der Waals surface area (Å²) in [5, 5.41) is 4.01. The highest BCUT2D eigenvalue weighted by molar-refractivity contribution is 5.82. The van der Waals surface area contributed by atoms with Crippen LogP contribution in [0, 0.1) is 27.7 Å². The third kappa shape index (κ3) is 4.54. The minimum atomic E-state index is -4.26. The minimum absolute atomic E-state index is 0.350. The zero-order chi connectivity index (χ0) is 17.2. The number of aromatic nitrogens is 3. The van der Waals surface area contributed by atoms with Gasteiger partial charge >= 0.3 is 6.18 Å². The van der Waals surface area contributed by atoms with Gasteiger partial charge in [-0.3, -0.25) is 0 Å². The van der Waals surface area contributed by atoms with Crippen LogP contribution >= 0.6 is 0 Å². The molecule has 0 amide bonds. The van der Waals surface area contributed by atoms with E-state index in [1.54, 1.807) is 19.9 Å². The van der Waals surface area contributed by atoms with E-state index in [1.807, 2.05) is 19.9 Å². The number of nitrogens with one attached hydrogen (secondary N) is 1. The summed E-state index contributed by atoms with van der Waals surface area (Å²) in [5.74, 6) is 0.350. The van der Waals surface area contributed by atoms with E-state index in [4.69, 9.17) is 0 Å². The lowest BCUT2D eigenvalue weighted by molar-refractivity contribution is -0.141. The maximum atomic E-state index is 12.6. The second kappa shape index (κ2) is 6.39. The van der Waals surface area contributed by atoms with Gasteiger partial charge in [0.05, 0.1) is 6.21 Å². The number of halogens is 3. The van der Waals surface area contributed by atoms with Gasteiger partial charge in [0.1, 0.15) is 6.54 Å². The number of aryl methyl sites for hydroxylation is 3. The molecule has 0 saturated carbocycles. The fourth-order valence-electron chi connectivity index (χ4n) is 2.32. The molecule has 0 atom stereocenters. The number of alkyl halides is 3. The highest BCUT2D eigenvalue weighted by atomic mass is 19.4. The molecule has 124 valence electrons. The van der Waals surface area contributed by atoms with E-state index in [0.29, 0.717) is 22.9 Å². The molecule has 2 rings (SSSR count). The summed E-state index contributed by atoms with van der Waals surface area (Å²) in [5.41, 5.74) is 5.96. The van der Waals surface area contributed by atoms with E-state index in [-0.39, 0.29) is 0 Å². The molecule has 0 aliphatic rings. The summed E-state index contributed by atoms with van der Waals surface area (Å²) in [6, 6.07) is 3.49. The maximum absolute atomic E-state index is 12.6. The lowest BCUT2D eigenvalue weighted by Crippen LogP contribution is -2.19. The summed E-state index contributed by atoms with van der Waals surface area (Å²) >= 11 is 0. The van der Waals surface area contributed by atoms with E-state index >= 15 is 0 Å². The molecule has 0 aliphatic heterocycles. The van der Waals surface area contributed by atoms with Crippen LogP contribution in [0.25, 0.3) is 0 Å². The first kappa shape index (κ1) is 17.0. The topological polar surface area (TPSA) is 55.1 Å². The van der Waals surface area contributed by atoms with Crippen LogP contribution in [0.4, 0.5) is 19.1 Å². The average molecular weight is 325 g/mol. The second-order valence-corrected chi connectivity index (χ2v) is 5.37. The fraction of sp³-hybridized carbons (Fsp3) is 0.400. The third-order valence-corrected chi connectivity index (χ3v) is 3.30. The van der Waals surface area contributed by atoms with Crippen molar-refractivity contribution < 1.29 is 13.2 Å². The normalized spacial score (nSPS) is 12.1. The van der Waals surface area contributed by atoms with Gasteiger partial charge in [0, 0.05) is 28.3 Å². The van der Waals surface area contributed by atoms with Crippen molar-refractivity contribution in [3.63, 3.8) is 0 Å². The SMILES string of the molecule is Cc1cc(C)nc(NN=Cc2cc(C)n(CC(F)(F)F)c2C)n1. The van der Waals surface area contributed by atoms with Gasteiger partial charge in [0.2, 0.25) is 5.95 Å². The molecule has 0 aromatic carbocycles. The van der Waals surface area contributed by atoms with Crippen LogP contribution in [0.5, 0.6) is 0 Å². The van der Waals surface area contributed by atoms with Crippen molar-refractivity contribution in [3.05, 3.63) is 40.5 Å². The first-order valence-electron chi connectivity index (χ1n) is 7.00. The zero-order valence-electron chi connectivity index (χ0n) is 13.4. The smallest absolute Gasteiger partial charge is 0.339 e. The van der Waals surface area contributed by atoms with E-state index in [0.717, 1.165) is 11.4 Å². The Labute approximate surface area is 132 Å². The summed E-state index contributed by atoms with van der Waals surface area (Å²) in [4.78, 5) is 8.34. The van der Waals surface area contributed by atoms with Gasteiger partial charge in [-0.1, -0.05) is 0 Å². The number of hydrogen-bond acceptors (Lipinski definition) is 4. The van der Waals surface area contributed by atoms with Crippen molar-refractivity contribution >= 4 is 12.2 Å². The Kier molecular flexibility index (Phi) is 4.72. The molecular weight excluding hydrogens is 307 g/mol. The van der Waals surface area contributed by atoms with Crippen LogP contribution in [0.15, 0.2) is 17.2 Å². The Morgan fingerprint density at radius 2 is 1.74 bits per heavy atom. The van der Waals surface area contributed by atoms with Gasteiger partial charge in [-0.15, -0.1) is 0 Å². The summed E-state index contributed by atoms with van der Waals surface area (Å²) in [7, 11) is 0. The molecule has 2 aromatic heterocycles. The van der Waals surface area contributed by atoms with Crippen LogP contribution < -0.4 is 5.43 Å². The van der Waals surface area contributed by atoms with Crippen LogP contribution in [0.2, 0.25) is 0 Å². The molecule has 0 fully saturated rings. The molecule has 0 saturated heterocycles. The largest absolute Gasteiger partial charge is 0.406 e. The Morgan fingerprint density at radius 3 is 2.30 bits per heavy atom. The Morgan fingerprint density at radius 1 is 1.13 bits per heavy atom. The molecule has 0 aliphatic carbocycles. The highest BCUT2D eigenvalue weighted by Gasteiger charge is 2.29. The van der Waals surface area contributed by atoms with E-state index in [1.165, 1.54) is 10.8 Å². The molecule has 5 nitrogen and oxygen atoms in total. The fourth-order valence-corrected chi connectivity index (χ4v) is 2.32. The monoisotopic (exact) mass is 325 g/mol. The number of rotatable bonds is 4. The number of anilines is 1. The van der Waals surface area contributed by atoms with Crippen molar-refractivity contribution in [2.45, 2.75) is 40.4 Å². The van der Waals surface area contributed by atoms with Crippen molar-refractivity contribution in [1.29, 1.82) is 0 Å². The molecule has 2 heterocycles. The van der Waals surface area contributed by atoms with Gasteiger partial charge < -0.3 is 4.57 Å². The number of nitrogens with zero attached hydrogens (tertiary/aromatic N) is 4. The van der Waals surface area contributed by atoms with Crippen LogP contribution in [0.3, 0.4) is 0 Å². The average Bonchev–Trinajstić information content (AvgIpc) is 2.64. The predicted molar refractivity (Wildman–Crippen MR) is 82.7 cm³/mol. The van der Waals surface area contributed by atoms with Gasteiger partial charge in [-0.2, -0.15) is 18.3 Å². The van der Waals surface area contributed by atoms with E-state index < -0.39 is 12.7 Å². The van der Waals surface area contributed by atoms with Crippen molar-refractivity contribution in [2.24, 2.45) is 5.10 Å². The van der Waals surface area contributed by atoms with Crippen molar-refractivity contribution in [2.75, 3.05) is 5.43 Å². The molecule has 23 heavy (non-hydrogen) atoms. The van der Waals surface area contributed by atoms with Crippen molar-refractivity contribution in [1.82, 2.24) is 14.5 Å². The molecule has 0 bridgehead atoms. The van der Waals surface area contributed by atoms with Gasteiger partial charge in [-0.05, 0) is 39.8 Å². The van der Waals surface area contributed by atoms with Crippen LogP contribution in [0.1, 0.15) is 28.3 Å². The molecular formula is C15H18F3N5. The summed E-state index contributed by atoms with van der Waals surface area (Å²) in [6.07, 6.45) is -2.79. The number of hydrogen-bond donors (Lipinski definition) is 1. The lowest BCUT2D eigenvalue weighted by atomic mass is 10.3. The molecule has 0 spiro atoms. The Balaban J connectivity index is 2.15. The lowest BCUT2D eigenvalue weighted by Gasteiger charge is -2.12. The highest BCUT2D eigenvalue weighted by Crippen LogP contribution is 2.22. The van der Waals surface area contributed by atoms with Gasteiger partial charge in [-0.25, -0.2) is 15.4 Å². The first-order chi connectivity index (χ1) is 10.7. The standard InChI is InChI=1S/C15H18F3N5/c1-9-5-10(2)21-14(20-9)22-19-7-13-6-11(3)23(12(13)4)8-15(16,17)18/h5-7H,8H2,1-4H3,(H,20,21,22). The minimum Gasteiger partial charge on any atom is -0.339 e. The number of hydrazone groups is 1.